The number of hydrogen-bond acceptors (Lipinski definition) is 3. The second-order valence-electron chi connectivity index (χ2n) is 4.06. The molecule has 1 aromatic heterocycles. The van der Waals surface area contributed by atoms with Crippen molar-refractivity contribution in [1.29, 1.82) is 0 Å². The molecule has 0 unspecified atom stereocenters. The molecule has 4 nitrogen and oxygen atoms in total. The molecule has 0 fully saturated rings. The van der Waals surface area contributed by atoms with Gasteiger partial charge >= 0.3 is 12.1 Å². The van der Waals surface area contributed by atoms with Crippen molar-refractivity contribution < 1.29 is 22.7 Å². The van der Waals surface area contributed by atoms with Crippen molar-refractivity contribution in [1.82, 2.24) is 9.78 Å². The lowest BCUT2D eigenvalue weighted by atomic mass is 10.2. The summed E-state index contributed by atoms with van der Waals surface area (Å²) in [5.74, 6) is -0.589. The van der Waals surface area contributed by atoms with Gasteiger partial charge in [-0.1, -0.05) is 11.6 Å². The maximum atomic E-state index is 12.8. The molecule has 2 aromatic rings. The molecule has 1 heterocycles. The minimum absolute atomic E-state index is 0.141. The number of ether oxygens (including phenoxy) is 1. The standard InChI is InChI=1S/C13H10ClF3N2O2/c1-2-21-12(20)8-6-18-19(7-8)9-3-4-11(14)10(5-9)13(15,16)17/h3-7H,2H2,1H3. The number of esters is 1. The molecule has 0 saturated carbocycles. The van der Waals surface area contributed by atoms with Crippen LogP contribution in [0.5, 0.6) is 0 Å². The average Bonchev–Trinajstić information content (AvgIpc) is 2.88. The Hall–Kier alpha value is -2.02. The van der Waals surface area contributed by atoms with Crippen LogP contribution >= 0.6 is 11.6 Å². The molecular weight excluding hydrogens is 309 g/mol. The van der Waals surface area contributed by atoms with E-state index in [1.807, 2.05) is 0 Å². The van der Waals surface area contributed by atoms with E-state index in [9.17, 15) is 18.0 Å². The van der Waals surface area contributed by atoms with Crippen molar-refractivity contribution in [3.05, 3.63) is 46.7 Å². The Bertz CT molecular complexity index is 668. The van der Waals surface area contributed by atoms with Gasteiger partial charge in [0.1, 0.15) is 0 Å². The molecule has 0 aliphatic rings. The number of hydrogen-bond donors (Lipinski definition) is 0. The number of alkyl halides is 3. The zero-order valence-corrected chi connectivity index (χ0v) is 11.6. The van der Waals surface area contributed by atoms with E-state index in [1.165, 1.54) is 18.5 Å². The molecule has 0 amide bonds. The molecule has 0 aliphatic carbocycles. The zero-order chi connectivity index (χ0) is 15.6. The molecule has 0 spiro atoms. The van der Waals surface area contributed by atoms with Crippen molar-refractivity contribution in [2.75, 3.05) is 6.61 Å². The van der Waals surface area contributed by atoms with Gasteiger partial charge in [0.05, 0.1) is 34.6 Å². The average molecular weight is 319 g/mol. The monoisotopic (exact) mass is 318 g/mol. The van der Waals surface area contributed by atoms with Gasteiger partial charge in [-0.15, -0.1) is 0 Å². The lowest BCUT2D eigenvalue weighted by molar-refractivity contribution is -0.137. The Kier molecular flexibility index (Phi) is 4.22. The van der Waals surface area contributed by atoms with Crippen molar-refractivity contribution >= 4 is 17.6 Å². The summed E-state index contributed by atoms with van der Waals surface area (Å²) in [6.07, 6.45) is -2.05. The Morgan fingerprint density at radius 2 is 2.14 bits per heavy atom. The first-order valence-electron chi connectivity index (χ1n) is 5.92. The lowest BCUT2D eigenvalue weighted by Gasteiger charge is -2.10. The van der Waals surface area contributed by atoms with Crippen molar-refractivity contribution in [2.45, 2.75) is 13.1 Å². The van der Waals surface area contributed by atoms with Crippen LogP contribution < -0.4 is 0 Å². The molecule has 0 bridgehead atoms. The summed E-state index contributed by atoms with van der Waals surface area (Å²) < 4.78 is 44.3. The molecule has 0 radical (unpaired) electrons. The van der Waals surface area contributed by atoms with Gasteiger partial charge in [0.25, 0.3) is 0 Å². The summed E-state index contributed by atoms with van der Waals surface area (Å²) in [5, 5.41) is 3.45. The Labute approximate surface area is 123 Å². The quantitative estimate of drug-likeness (QED) is 0.810. The van der Waals surface area contributed by atoms with Crippen LogP contribution in [0.1, 0.15) is 22.8 Å². The van der Waals surface area contributed by atoms with Crippen LogP contribution in [0.25, 0.3) is 5.69 Å². The second kappa shape index (κ2) is 5.77. The molecule has 0 saturated heterocycles. The van der Waals surface area contributed by atoms with Gasteiger partial charge in [0.2, 0.25) is 0 Å². The van der Waals surface area contributed by atoms with Gasteiger partial charge in [-0.3, -0.25) is 0 Å². The van der Waals surface area contributed by atoms with E-state index in [4.69, 9.17) is 16.3 Å². The van der Waals surface area contributed by atoms with Gasteiger partial charge in [-0.05, 0) is 25.1 Å². The van der Waals surface area contributed by atoms with Crippen LogP contribution in [0, 0.1) is 0 Å². The topological polar surface area (TPSA) is 44.1 Å². The minimum atomic E-state index is -4.57. The number of halogens is 4. The fourth-order valence-corrected chi connectivity index (χ4v) is 1.88. The van der Waals surface area contributed by atoms with Crippen LogP contribution in [0.4, 0.5) is 13.2 Å². The third-order valence-electron chi connectivity index (χ3n) is 2.61. The van der Waals surface area contributed by atoms with Gasteiger partial charge in [0, 0.05) is 6.20 Å². The SMILES string of the molecule is CCOC(=O)c1cnn(-c2ccc(Cl)c(C(F)(F)F)c2)c1. The fraction of sp³-hybridized carbons (Fsp3) is 0.231. The maximum absolute atomic E-state index is 12.8. The second-order valence-corrected chi connectivity index (χ2v) is 4.46. The van der Waals surface area contributed by atoms with Crippen LogP contribution in [-0.4, -0.2) is 22.4 Å². The maximum Gasteiger partial charge on any atom is 0.417 e. The molecule has 8 heteroatoms. The van der Waals surface area contributed by atoms with Crippen LogP contribution in [0.3, 0.4) is 0 Å². The summed E-state index contributed by atoms with van der Waals surface area (Å²) in [6.45, 7) is 1.85. The molecule has 0 aliphatic heterocycles. The van der Waals surface area contributed by atoms with Gasteiger partial charge in [-0.25, -0.2) is 9.48 Å². The number of carbonyl (C=O) groups excluding carboxylic acids is 1. The molecule has 2 rings (SSSR count). The van der Waals surface area contributed by atoms with E-state index in [-0.39, 0.29) is 17.9 Å². The molecule has 112 valence electrons. The van der Waals surface area contributed by atoms with Crippen molar-refractivity contribution in [3.8, 4) is 5.69 Å². The first-order chi connectivity index (χ1) is 9.82. The Balaban J connectivity index is 2.37. The summed E-state index contributed by atoms with van der Waals surface area (Å²) in [6, 6.07) is 3.37. The van der Waals surface area contributed by atoms with E-state index in [0.717, 1.165) is 16.8 Å². The smallest absolute Gasteiger partial charge is 0.417 e. The highest BCUT2D eigenvalue weighted by Gasteiger charge is 2.33. The first-order valence-corrected chi connectivity index (χ1v) is 6.29. The molecular formula is C13H10ClF3N2O2. The molecule has 0 N–H and O–H groups in total. The predicted molar refractivity (Wildman–Crippen MR) is 69.5 cm³/mol. The van der Waals surface area contributed by atoms with E-state index in [2.05, 4.69) is 5.10 Å². The van der Waals surface area contributed by atoms with E-state index in [1.54, 1.807) is 6.92 Å². The third kappa shape index (κ3) is 3.36. The molecule has 21 heavy (non-hydrogen) atoms. The zero-order valence-electron chi connectivity index (χ0n) is 10.8. The highest BCUT2D eigenvalue weighted by atomic mass is 35.5. The number of benzene rings is 1. The van der Waals surface area contributed by atoms with Crippen LogP contribution in [0.2, 0.25) is 5.02 Å². The normalized spacial score (nSPS) is 11.5. The van der Waals surface area contributed by atoms with E-state index < -0.39 is 22.7 Å². The van der Waals surface area contributed by atoms with Crippen molar-refractivity contribution in [2.24, 2.45) is 0 Å². The molecule has 0 atom stereocenters. The Morgan fingerprint density at radius 3 is 2.76 bits per heavy atom. The van der Waals surface area contributed by atoms with E-state index in [0.29, 0.717) is 0 Å². The van der Waals surface area contributed by atoms with Crippen molar-refractivity contribution in [3.63, 3.8) is 0 Å². The van der Waals surface area contributed by atoms with Crippen LogP contribution in [-0.2, 0) is 10.9 Å². The number of rotatable bonds is 3. The van der Waals surface area contributed by atoms with Gasteiger partial charge < -0.3 is 4.74 Å². The number of carbonyl (C=O) groups is 1. The van der Waals surface area contributed by atoms with Gasteiger partial charge in [0.15, 0.2) is 0 Å². The summed E-state index contributed by atoms with van der Waals surface area (Å²) in [7, 11) is 0. The number of nitrogens with zero attached hydrogens (tertiary/aromatic N) is 2. The van der Waals surface area contributed by atoms with Crippen LogP contribution in [0.15, 0.2) is 30.6 Å². The Morgan fingerprint density at radius 1 is 1.43 bits per heavy atom. The van der Waals surface area contributed by atoms with Gasteiger partial charge in [-0.2, -0.15) is 18.3 Å². The number of aromatic nitrogens is 2. The minimum Gasteiger partial charge on any atom is -0.462 e. The first kappa shape index (κ1) is 15.4. The third-order valence-corrected chi connectivity index (χ3v) is 2.94. The lowest BCUT2D eigenvalue weighted by Crippen LogP contribution is -2.07. The fourth-order valence-electron chi connectivity index (χ4n) is 1.66. The summed E-state index contributed by atoms with van der Waals surface area (Å²) in [4.78, 5) is 11.5. The molecule has 1 aromatic carbocycles. The summed E-state index contributed by atoms with van der Waals surface area (Å²) >= 11 is 5.54. The highest BCUT2D eigenvalue weighted by molar-refractivity contribution is 6.31. The van der Waals surface area contributed by atoms with E-state index >= 15 is 0 Å². The summed E-state index contributed by atoms with van der Waals surface area (Å²) in [5.41, 5.74) is -0.669. The predicted octanol–water partition coefficient (Wildman–Crippen LogP) is 3.72. The highest BCUT2D eigenvalue weighted by Crippen LogP contribution is 2.35. The largest absolute Gasteiger partial charge is 0.462 e.